The average Bonchev–Trinajstić information content (AvgIpc) is 2.75. The third kappa shape index (κ3) is 4.46. The molecular formula is C24H20O5. The van der Waals surface area contributed by atoms with Crippen LogP contribution in [0.2, 0.25) is 0 Å². The molecule has 0 saturated carbocycles. The number of fused-ring (bicyclic) bond motifs is 3. The minimum absolute atomic E-state index is 0.0223. The highest BCUT2D eigenvalue weighted by molar-refractivity contribution is 6.07. The van der Waals surface area contributed by atoms with E-state index in [-0.39, 0.29) is 19.0 Å². The minimum atomic E-state index is -0.463. The van der Waals surface area contributed by atoms with E-state index in [1.165, 1.54) is 6.07 Å². The molecule has 3 aromatic carbocycles. The molecule has 0 aliphatic carbocycles. The molecule has 1 aromatic heterocycles. The van der Waals surface area contributed by atoms with Gasteiger partial charge in [0.2, 0.25) is 0 Å². The van der Waals surface area contributed by atoms with Crippen molar-refractivity contribution in [2.45, 2.75) is 19.4 Å². The van der Waals surface area contributed by atoms with Crippen molar-refractivity contribution < 1.29 is 18.7 Å². The molecule has 4 aromatic rings. The lowest BCUT2D eigenvalue weighted by Gasteiger charge is -2.10. The maximum absolute atomic E-state index is 12.1. The first-order valence-electron chi connectivity index (χ1n) is 9.49. The van der Waals surface area contributed by atoms with E-state index in [1.807, 2.05) is 60.7 Å². The number of ether oxygens (including phenoxy) is 2. The molecule has 0 aliphatic heterocycles. The van der Waals surface area contributed by atoms with Gasteiger partial charge in [0, 0.05) is 23.4 Å². The first kappa shape index (κ1) is 18.7. The maximum atomic E-state index is 12.1. The zero-order chi connectivity index (χ0) is 20.1. The van der Waals surface area contributed by atoms with Crippen LogP contribution in [0, 0.1) is 0 Å². The number of benzene rings is 3. The van der Waals surface area contributed by atoms with Gasteiger partial charge in [-0.3, -0.25) is 4.79 Å². The number of carbonyl (C=O) groups excluding carboxylic acids is 1. The maximum Gasteiger partial charge on any atom is 0.336 e. The highest BCUT2D eigenvalue weighted by Crippen LogP contribution is 2.27. The van der Waals surface area contributed by atoms with Gasteiger partial charge in [-0.05, 0) is 35.4 Å². The fourth-order valence-corrected chi connectivity index (χ4v) is 3.29. The number of hydrogen-bond acceptors (Lipinski definition) is 5. The Bertz CT molecular complexity index is 1190. The third-order valence-electron chi connectivity index (χ3n) is 4.64. The Labute approximate surface area is 167 Å². The molecule has 29 heavy (non-hydrogen) atoms. The van der Waals surface area contributed by atoms with Crippen molar-refractivity contribution in [3.8, 4) is 5.75 Å². The van der Waals surface area contributed by atoms with Gasteiger partial charge in [0.1, 0.15) is 17.9 Å². The van der Waals surface area contributed by atoms with Crippen LogP contribution >= 0.6 is 0 Å². The second-order valence-electron chi connectivity index (χ2n) is 6.68. The number of esters is 1. The van der Waals surface area contributed by atoms with Crippen LogP contribution in [-0.2, 0) is 16.1 Å². The molecule has 0 radical (unpaired) electrons. The Morgan fingerprint density at radius 2 is 1.72 bits per heavy atom. The van der Waals surface area contributed by atoms with Crippen LogP contribution in [-0.4, -0.2) is 12.6 Å². The molecule has 146 valence electrons. The molecule has 0 N–H and O–H groups in total. The SMILES string of the molecule is O=C(CCCOc1ccccc1)OCc1cc(=O)oc2ccc3ccccc3c12. The van der Waals surface area contributed by atoms with Crippen molar-refractivity contribution in [2.75, 3.05) is 6.61 Å². The summed E-state index contributed by atoms with van der Waals surface area (Å²) < 4.78 is 16.3. The number of rotatable bonds is 7. The molecule has 0 spiro atoms. The highest BCUT2D eigenvalue weighted by Gasteiger charge is 2.12. The summed E-state index contributed by atoms with van der Waals surface area (Å²) in [5, 5.41) is 2.78. The average molecular weight is 388 g/mol. The zero-order valence-electron chi connectivity index (χ0n) is 15.8. The van der Waals surface area contributed by atoms with E-state index in [0.29, 0.717) is 24.2 Å². The van der Waals surface area contributed by atoms with Crippen molar-refractivity contribution in [3.05, 3.63) is 88.8 Å². The predicted molar refractivity (Wildman–Crippen MR) is 111 cm³/mol. The summed E-state index contributed by atoms with van der Waals surface area (Å²) in [5.41, 5.74) is 0.663. The van der Waals surface area contributed by atoms with Gasteiger partial charge in [0.25, 0.3) is 0 Å². The summed E-state index contributed by atoms with van der Waals surface area (Å²) in [7, 11) is 0. The second-order valence-corrected chi connectivity index (χ2v) is 6.68. The molecule has 0 saturated heterocycles. The summed E-state index contributed by atoms with van der Waals surface area (Å²) in [6.07, 6.45) is 0.793. The van der Waals surface area contributed by atoms with Crippen LogP contribution in [0.5, 0.6) is 5.75 Å². The van der Waals surface area contributed by atoms with Crippen molar-refractivity contribution in [2.24, 2.45) is 0 Å². The lowest BCUT2D eigenvalue weighted by Crippen LogP contribution is -2.09. The number of para-hydroxylation sites is 1. The fourth-order valence-electron chi connectivity index (χ4n) is 3.29. The molecule has 0 atom stereocenters. The van der Waals surface area contributed by atoms with Gasteiger partial charge in [0.15, 0.2) is 0 Å². The summed E-state index contributed by atoms with van der Waals surface area (Å²) >= 11 is 0. The molecule has 0 bridgehead atoms. The summed E-state index contributed by atoms with van der Waals surface area (Å²) in [4.78, 5) is 24.0. The number of hydrogen-bond donors (Lipinski definition) is 0. The van der Waals surface area contributed by atoms with Crippen molar-refractivity contribution in [3.63, 3.8) is 0 Å². The Kier molecular flexibility index (Phi) is 5.56. The molecule has 4 rings (SSSR count). The summed E-state index contributed by atoms with van der Waals surface area (Å²) in [6.45, 7) is 0.454. The first-order valence-corrected chi connectivity index (χ1v) is 9.49. The van der Waals surface area contributed by atoms with Gasteiger partial charge in [-0.2, -0.15) is 0 Å². The molecule has 0 aliphatic rings. The van der Waals surface area contributed by atoms with E-state index in [9.17, 15) is 9.59 Å². The van der Waals surface area contributed by atoms with Gasteiger partial charge < -0.3 is 13.9 Å². The van der Waals surface area contributed by atoms with Gasteiger partial charge in [-0.1, -0.05) is 48.5 Å². The van der Waals surface area contributed by atoms with Crippen molar-refractivity contribution in [1.82, 2.24) is 0 Å². The highest BCUT2D eigenvalue weighted by atomic mass is 16.5. The molecule has 1 heterocycles. The first-order chi connectivity index (χ1) is 14.2. The van der Waals surface area contributed by atoms with E-state index in [2.05, 4.69) is 0 Å². The lowest BCUT2D eigenvalue weighted by molar-refractivity contribution is -0.145. The van der Waals surface area contributed by atoms with E-state index in [0.717, 1.165) is 21.9 Å². The molecular weight excluding hydrogens is 368 g/mol. The van der Waals surface area contributed by atoms with E-state index in [1.54, 1.807) is 6.07 Å². The van der Waals surface area contributed by atoms with Crippen LogP contribution in [0.15, 0.2) is 82.0 Å². The summed E-state index contributed by atoms with van der Waals surface area (Å²) in [5.74, 6) is 0.443. The Hall–Kier alpha value is -3.60. The number of carbonyl (C=O) groups is 1. The van der Waals surface area contributed by atoms with Crippen LogP contribution < -0.4 is 10.4 Å². The molecule has 0 unspecified atom stereocenters. The third-order valence-corrected chi connectivity index (χ3v) is 4.64. The smallest absolute Gasteiger partial charge is 0.336 e. The Morgan fingerprint density at radius 3 is 2.59 bits per heavy atom. The van der Waals surface area contributed by atoms with Gasteiger partial charge in [0.05, 0.1) is 6.61 Å². The monoisotopic (exact) mass is 388 g/mol. The Morgan fingerprint density at radius 1 is 0.931 bits per heavy atom. The van der Waals surface area contributed by atoms with Crippen LogP contribution in [0.3, 0.4) is 0 Å². The van der Waals surface area contributed by atoms with E-state index in [4.69, 9.17) is 13.9 Å². The fraction of sp³-hybridized carbons (Fsp3) is 0.167. The van der Waals surface area contributed by atoms with E-state index < -0.39 is 5.63 Å². The minimum Gasteiger partial charge on any atom is -0.494 e. The van der Waals surface area contributed by atoms with Crippen LogP contribution in [0.1, 0.15) is 18.4 Å². The normalized spacial score (nSPS) is 10.9. The largest absolute Gasteiger partial charge is 0.494 e. The van der Waals surface area contributed by atoms with Crippen LogP contribution in [0.4, 0.5) is 0 Å². The molecule has 0 fully saturated rings. The Balaban J connectivity index is 1.42. The van der Waals surface area contributed by atoms with E-state index >= 15 is 0 Å². The second kappa shape index (κ2) is 8.61. The lowest BCUT2D eigenvalue weighted by atomic mass is 10.0. The molecule has 5 nitrogen and oxygen atoms in total. The van der Waals surface area contributed by atoms with Gasteiger partial charge in [-0.25, -0.2) is 4.79 Å². The zero-order valence-corrected chi connectivity index (χ0v) is 15.8. The topological polar surface area (TPSA) is 65.7 Å². The molecule has 0 amide bonds. The quantitative estimate of drug-likeness (QED) is 0.196. The standard InChI is InChI=1S/C24H20O5/c25-22(11-6-14-27-19-8-2-1-3-9-19)28-16-18-15-23(26)29-21-13-12-17-7-4-5-10-20(17)24(18)21/h1-5,7-10,12-13,15H,6,11,14,16H2. The summed E-state index contributed by atoms with van der Waals surface area (Å²) in [6, 6.07) is 22.3. The predicted octanol–water partition coefficient (Wildman–Crippen LogP) is 4.85. The van der Waals surface area contributed by atoms with Gasteiger partial charge in [-0.15, -0.1) is 0 Å². The van der Waals surface area contributed by atoms with Gasteiger partial charge >= 0.3 is 11.6 Å². The van der Waals surface area contributed by atoms with Crippen molar-refractivity contribution >= 4 is 27.7 Å². The van der Waals surface area contributed by atoms with Crippen LogP contribution in [0.25, 0.3) is 21.7 Å². The molecule has 5 heteroatoms. The van der Waals surface area contributed by atoms with Crippen molar-refractivity contribution in [1.29, 1.82) is 0 Å².